The van der Waals surface area contributed by atoms with Crippen LogP contribution >= 0.6 is 0 Å². The van der Waals surface area contributed by atoms with Crippen molar-refractivity contribution in [2.75, 3.05) is 0 Å². The summed E-state index contributed by atoms with van der Waals surface area (Å²) < 4.78 is 0. The minimum atomic E-state index is 0.914. The highest BCUT2D eigenvalue weighted by molar-refractivity contribution is 5.89. The number of unbranched alkanes of at least 4 members (excludes halogenated alkanes) is 6. The fourth-order valence-corrected chi connectivity index (χ4v) is 4.52. The van der Waals surface area contributed by atoms with E-state index in [1.807, 2.05) is 0 Å². The Hall–Kier alpha value is -1.89. The zero-order valence-electron chi connectivity index (χ0n) is 17.2. The van der Waals surface area contributed by atoms with Crippen LogP contribution in [0.25, 0.3) is 11.1 Å². The first kappa shape index (κ1) is 19.9. The summed E-state index contributed by atoms with van der Waals surface area (Å²) in [6.45, 7) is 4.51. The van der Waals surface area contributed by atoms with Gasteiger partial charge in [-0.2, -0.15) is 0 Å². The van der Waals surface area contributed by atoms with Gasteiger partial charge in [-0.1, -0.05) is 82.7 Å². The maximum absolute atomic E-state index is 12.1. The molecule has 0 bridgehead atoms. The smallest absolute Gasteiger partial charge is 0.150 e. The van der Waals surface area contributed by atoms with Crippen molar-refractivity contribution in [1.29, 1.82) is 0 Å². The summed E-state index contributed by atoms with van der Waals surface area (Å²) in [6, 6.07) is 11.1. The van der Waals surface area contributed by atoms with E-state index in [1.54, 1.807) is 0 Å². The van der Waals surface area contributed by atoms with E-state index in [0.29, 0.717) is 0 Å². The summed E-state index contributed by atoms with van der Waals surface area (Å²) >= 11 is 0. The number of aryl methyl sites for hydroxylation is 1. The summed E-state index contributed by atoms with van der Waals surface area (Å²) in [4.78, 5) is 12.1. The van der Waals surface area contributed by atoms with Gasteiger partial charge in [0.1, 0.15) is 0 Å². The van der Waals surface area contributed by atoms with Crippen LogP contribution in [-0.4, -0.2) is 6.29 Å². The van der Waals surface area contributed by atoms with Gasteiger partial charge < -0.3 is 0 Å². The van der Waals surface area contributed by atoms with Crippen LogP contribution < -0.4 is 0 Å². The molecule has 3 rings (SSSR count). The lowest BCUT2D eigenvalue weighted by atomic mass is 9.87. The Morgan fingerprint density at radius 2 is 1.59 bits per heavy atom. The Morgan fingerprint density at radius 3 is 2.37 bits per heavy atom. The molecule has 144 valence electrons. The second kappa shape index (κ2) is 9.88. The van der Waals surface area contributed by atoms with Crippen LogP contribution in [0.3, 0.4) is 0 Å². The van der Waals surface area contributed by atoms with Gasteiger partial charge in [-0.15, -0.1) is 0 Å². The predicted octanol–water partition coefficient (Wildman–Crippen LogP) is 7.32. The summed E-state index contributed by atoms with van der Waals surface area (Å²) in [5, 5.41) is 0. The molecule has 0 fully saturated rings. The molecule has 2 aromatic rings. The van der Waals surface area contributed by atoms with E-state index in [-0.39, 0.29) is 0 Å². The van der Waals surface area contributed by atoms with E-state index in [4.69, 9.17) is 0 Å². The quantitative estimate of drug-likeness (QED) is 0.258. The Bertz CT molecular complexity index is 772. The molecule has 2 aromatic carbocycles. The van der Waals surface area contributed by atoms with Crippen molar-refractivity contribution < 1.29 is 4.79 Å². The maximum atomic E-state index is 12.1. The molecule has 0 aliphatic heterocycles. The van der Waals surface area contributed by atoms with Gasteiger partial charge in [0.2, 0.25) is 0 Å². The standard InChI is InChI=1S/C26H34O/c1-3-5-7-8-9-10-15-23-20(13-6-4-2)17-24-22-16-12-11-14-21(22)18-25(24)26(23)19-27/h11-12,14,16-17,19H,3-10,13,15,18H2,1-2H3. The normalized spacial score (nSPS) is 12.1. The van der Waals surface area contributed by atoms with Gasteiger partial charge in [0.25, 0.3) is 0 Å². The second-order valence-corrected chi connectivity index (χ2v) is 8.03. The van der Waals surface area contributed by atoms with Gasteiger partial charge in [-0.25, -0.2) is 0 Å². The Kier molecular flexibility index (Phi) is 7.26. The highest BCUT2D eigenvalue weighted by Crippen LogP contribution is 2.41. The summed E-state index contributed by atoms with van der Waals surface area (Å²) in [5.41, 5.74) is 9.05. The number of hydrogen-bond donors (Lipinski definition) is 0. The lowest BCUT2D eigenvalue weighted by Gasteiger charge is -2.17. The molecule has 27 heavy (non-hydrogen) atoms. The molecule has 0 spiro atoms. The topological polar surface area (TPSA) is 17.1 Å². The van der Waals surface area contributed by atoms with Gasteiger partial charge in [-0.05, 0) is 65.5 Å². The fourth-order valence-electron chi connectivity index (χ4n) is 4.52. The molecule has 0 radical (unpaired) electrons. The number of carbonyl (C=O) groups excluding carboxylic acids is 1. The third kappa shape index (κ3) is 4.51. The first-order valence-corrected chi connectivity index (χ1v) is 11.0. The number of aldehydes is 1. The van der Waals surface area contributed by atoms with Crippen LogP contribution in [0.15, 0.2) is 30.3 Å². The first-order valence-electron chi connectivity index (χ1n) is 11.0. The van der Waals surface area contributed by atoms with Gasteiger partial charge in [0.05, 0.1) is 0 Å². The Morgan fingerprint density at radius 1 is 0.852 bits per heavy atom. The van der Waals surface area contributed by atoms with E-state index in [2.05, 4.69) is 44.2 Å². The Labute approximate surface area is 165 Å². The zero-order chi connectivity index (χ0) is 19.1. The molecular weight excluding hydrogens is 328 g/mol. The number of benzene rings is 2. The number of rotatable bonds is 11. The highest BCUT2D eigenvalue weighted by atomic mass is 16.1. The summed E-state index contributed by atoms with van der Waals surface area (Å²) in [5.74, 6) is 0. The van der Waals surface area contributed by atoms with Crippen molar-refractivity contribution >= 4 is 6.29 Å². The third-order valence-electron chi connectivity index (χ3n) is 6.05. The maximum Gasteiger partial charge on any atom is 0.150 e. The molecule has 0 saturated heterocycles. The summed E-state index contributed by atoms with van der Waals surface area (Å²) in [6.07, 6.45) is 14.4. The van der Waals surface area contributed by atoms with E-state index in [9.17, 15) is 4.79 Å². The van der Waals surface area contributed by atoms with Gasteiger partial charge >= 0.3 is 0 Å². The lowest BCUT2D eigenvalue weighted by Crippen LogP contribution is -2.05. The van der Waals surface area contributed by atoms with Crippen LogP contribution in [0, 0.1) is 0 Å². The van der Waals surface area contributed by atoms with E-state index >= 15 is 0 Å². The minimum absolute atomic E-state index is 0.914. The van der Waals surface area contributed by atoms with Crippen LogP contribution in [0.2, 0.25) is 0 Å². The zero-order valence-corrected chi connectivity index (χ0v) is 17.2. The number of hydrogen-bond acceptors (Lipinski definition) is 1. The predicted molar refractivity (Wildman–Crippen MR) is 116 cm³/mol. The average Bonchev–Trinajstić information content (AvgIpc) is 3.06. The van der Waals surface area contributed by atoms with Crippen molar-refractivity contribution in [3.8, 4) is 11.1 Å². The molecule has 0 saturated carbocycles. The van der Waals surface area contributed by atoms with Crippen molar-refractivity contribution in [3.05, 3.63) is 58.1 Å². The summed E-state index contributed by atoms with van der Waals surface area (Å²) in [7, 11) is 0. The van der Waals surface area contributed by atoms with E-state index < -0.39 is 0 Å². The average molecular weight is 363 g/mol. The monoisotopic (exact) mass is 362 g/mol. The van der Waals surface area contributed by atoms with E-state index in [1.165, 1.54) is 84.7 Å². The van der Waals surface area contributed by atoms with Crippen molar-refractivity contribution in [3.63, 3.8) is 0 Å². The van der Waals surface area contributed by atoms with Gasteiger partial charge in [0, 0.05) is 5.56 Å². The molecular formula is C26H34O. The molecule has 0 aromatic heterocycles. The van der Waals surface area contributed by atoms with Gasteiger partial charge in [0.15, 0.2) is 6.29 Å². The van der Waals surface area contributed by atoms with Crippen molar-refractivity contribution in [2.24, 2.45) is 0 Å². The SMILES string of the molecule is CCCCCCCCc1c(CCCC)cc2c(c1C=O)Cc1ccccc1-2. The van der Waals surface area contributed by atoms with Crippen LogP contribution in [0.5, 0.6) is 0 Å². The van der Waals surface area contributed by atoms with Crippen molar-refractivity contribution in [2.45, 2.75) is 84.5 Å². The molecule has 0 amide bonds. The molecule has 1 nitrogen and oxygen atoms in total. The minimum Gasteiger partial charge on any atom is -0.298 e. The molecule has 0 N–H and O–H groups in total. The highest BCUT2D eigenvalue weighted by Gasteiger charge is 2.24. The largest absolute Gasteiger partial charge is 0.298 e. The molecule has 0 atom stereocenters. The van der Waals surface area contributed by atoms with Gasteiger partial charge in [-0.3, -0.25) is 4.79 Å². The second-order valence-electron chi connectivity index (χ2n) is 8.03. The number of fused-ring (bicyclic) bond motifs is 3. The number of carbonyl (C=O) groups is 1. The van der Waals surface area contributed by atoms with Crippen molar-refractivity contribution in [1.82, 2.24) is 0 Å². The first-order chi connectivity index (χ1) is 13.3. The molecule has 1 aliphatic carbocycles. The fraction of sp³-hybridized carbons (Fsp3) is 0.500. The van der Waals surface area contributed by atoms with Crippen LogP contribution in [0.1, 0.15) is 97.8 Å². The molecule has 0 unspecified atom stereocenters. The molecule has 0 heterocycles. The third-order valence-corrected chi connectivity index (χ3v) is 6.05. The van der Waals surface area contributed by atoms with Crippen LogP contribution in [-0.2, 0) is 19.3 Å². The van der Waals surface area contributed by atoms with E-state index in [0.717, 1.165) is 31.1 Å². The lowest BCUT2D eigenvalue weighted by molar-refractivity contribution is 0.112. The Balaban J connectivity index is 1.87. The molecule has 1 heteroatoms. The van der Waals surface area contributed by atoms with Crippen LogP contribution in [0.4, 0.5) is 0 Å². The molecule has 1 aliphatic rings.